The normalized spacial score (nSPS) is 17.8. The van der Waals surface area contributed by atoms with Crippen molar-refractivity contribution >= 4 is 11.4 Å². The molecule has 1 saturated carbocycles. The van der Waals surface area contributed by atoms with Gasteiger partial charge in [-0.3, -0.25) is 0 Å². The number of hydrogen-bond donors (Lipinski definition) is 1. The minimum Gasteiger partial charge on any atom is -0.398 e. The molecule has 0 saturated heterocycles. The first kappa shape index (κ1) is 12.3. The lowest BCUT2D eigenvalue weighted by Crippen LogP contribution is -2.31. The Bertz CT molecular complexity index is 365. The average molecular weight is 232 g/mol. The van der Waals surface area contributed by atoms with Crippen LogP contribution in [-0.4, -0.2) is 13.1 Å². The molecule has 0 spiro atoms. The summed E-state index contributed by atoms with van der Waals surface area (Å²) in [6.07, 6.45) is 8.20. The number of nitrogens with two attached hydrogens (primary N) is 1. The molecule has 0 atom stereocenters. The van der Waals surface area contributed by atoms with Crippen LogP contribution in [0, 0.1) is 6.92 Å². The Balaban J connectivity index is 2.11. The molecule has 1 fully saturated rings. The molecule has 1 aliphatic carbocycles. The number of anilines is 2. The topological polar surface area (TPSA) is 29.3 Å². The predicted molar refractivity (Wildman–Crippen MR) is 75.5 cm³/mol. The standard InChI is InChI=1S/C15H24N2/c1-12-9-10-14(11-15(12)16)17(2)13-7-5-3-4-6-8-13/h9-11,13H,3-8,16H2,1-2H3. The number of nitrogens with zero attached hydrogens (tertiary/aromatic N) is 1. The van der Waals surface area contributed by atoms with Crippen molar-refractivity contribution in [3.05, 3.63) is 23.8 Å². The molecular formula is C15H24N2. The Labute approximate surface area is 105 Å². The van der Waals surface area contributed by atoms with Crippen molar-refractivity contribution in [2.24, 2.45) is 0 Å². The zero-order valence-electron chi connectivity index (χ0n) is 11.1. The van der Waals surface area contributed by atoms with E-state index in [2.05, 4.69) is 37.1 Å². The number of aryl methyl sites for hydroxylation is 1. The molecule has 1 aliphatic rings. The van der Waals surface area contributed by atoms with E-state index in [1.54, 1.807) is 0 Å². The van der Waals surface area contributed by atoms with E-state index >= 15 is 0 Å². The lowest BCUT2D eigenvalue weighted by atomic mass is 10.1. The smallest absolute Gasteiger partial charge is 0.0386 e. The van der Waals surface area contributed by atoms with E-state index < -0.39 is 0 Å². The predicted octanol–water partition coefficient (Wildman–Crippen LogP) is 3.74. The minimum absolute atomic E-state index is 0.694. The summed E-state index contributed by atoms with van der Waals surface area (Å²) in [6, 6.07) is 7.12. The number of benzene rings is 1. The van der Waals surface area contributed by atoms with Crippen molar-refractivity contribution in [3.8, 4) is 0 Å². The Kier molecular flexibility index (Phi) is 3.93. The third-order valence-electron chi connectivity index (χ3n) is 4.04. The second-order valence-corrected chi connectivity index (χ2v) is 5.30. The molecule has 94 valence electrons. The van der Waals surface area contributed by atoms with Crippen LogP contribution in [0.1, 0.15) is 44.1 Å². The summed E-state index contributed by atoms with van der Waals surface area (Å²) in [4.78, 5) is 2.42. The molecule has 2 heteroatoms. The fourth-order valence-electron chi connectivity index (χ4n) is 2.70. The van der Waals surface area contributed by atoms with E-state index in [0.717, 1.165) is 5.69 Å². The van der Waals surface area contributed by atoms with Crippen LogP contribution in [0.3, 0.4) is 0 Å². The van der Waals surface area contributed by atoms with Gasteiger partial charge >= 0.3 is 0 Å². The highest BCUT2D eigenvalue weighted by molar-refractivity contribution is 5.59. The van der Waals surface area contributed by atoms with Crippen LogP contribution in [0.4, 0.5) is 11.4 Å². The number of rotatable bonds is 2. The second kappa shape index (κ2) is 5.44. The largest absolute Gasteiger partial charge is 0.398 e. The highest BCUT2D eigenvalue weighted by Crippen LogP contribution is 2.27. The Morgan fingerprint density at radius 1 is 1.12 bits per heavy atom. The maximum atomic E-state index is 5.99. The van der Waals surface area contributed by atoms with E-state index in [9.17, 15) is 0 Å². The zero-order valence-corrected chi connectivity index (χ0v) is 11.1. The molecule has 2 nitrogen and oxygen atoms in total. The highest BCUT2D eigenvalue weighted by Gasteiger charge is 2.17. The second-order valence-electron chi connectivity index (χ2n) is 5.30. The Hall–Kier alpha value is -1.18. The lowest BCUT2D eigenvalue weighted by Gasteiger charge is -2.29. The molecule has 0 aliphatic heterocycles. The van der Waals surface area contributed by atoms with Crippen LogP contribution in [0.15, 0.2) is 18.2 Å². The number of hydrogen-bond acceptors (Lipinski definition) is 2. The van der Waals surface area contributed by atoms with Gasteiger partial charge in [0.15, 0.2) is 0 Å². The molecule has 0 unspecified atom stereocenters. The van der Waals surface area contributed by atoms with Crippen molar-refractivity contribution in [3.63, 3.8) is 0 Å². The van der Waals surface area contributed by atoms with E-state index in [4.69, 9.17) is 5.73 Å². The molecule has 0 amide bonds. The molecule has 0 heterocycles. The van der Waals surface area contributed by atoms with Crippen LogP contribution in [0.5, 0.6) is 0 Å². The summed E-state index contributed by atoms with van der Waals surface area (Å²) in [5, 5.41) is 0. The van der Waals surface area contributed by atoms with Gasteiger partial charge < -0.3 is 10.6 Å². The van der Waals surface area contributed by atoms with E-state index in [-0.39, 0.29) is 0 Å². The first-order valence-electron chi connectivity index (χ1n) is 6.77. The fraction of sp³-hybridized carbons (Fsp3) is 0.600. The highest BCUT2D eigenvalue weighted by atomic mass is 15.1. The quantitative estimate of drug-likeness (QED) is 0.622. The summed E-state index contributed by atoms with van der Waals surface area (Å²) >= 11 is 0. The molecule has 0 radical (unpaired) electrons. The van der Waals surface area contributed by atoms with Crippen molar-refractivity contribution in [1.29, 1.82) is 0 Å². The van der Waals surface area contributed by atoms with Crippen molar-refractivity contribution < 1.29 is 0 Å². The third-order valence-corrected chi connectivity index (χ3v) is 4.04. The van der Waals surface area contributed by atoms with Gasteiger partial charge in [-0.05, 0) is 37.5 Å². The molecular weight excluding hydrogens is 208 g/mol. The van der Waals surface area contributed by atoms with Crippen LogP contribution < -0.4 is 10.6 Å². The molecule has 2 rings (SSSR count). The van der Waals surface area contributed by atoms with Gasteiger partial charge in [-0.25, -0.2) is 0 Å². The molecule has 17 heavy (non-hydrogen) atoms. The summed E-state index contributed by atoms with van der Waals surface area (Å²) in [6.45, 7) is 2.06. The molecule has 0 aromatic heterocycles. The molecule has 2 N–H and O–H groups in total. The van der Waals surface area contributed by atoms with Gasteiger partial charge in [-0.15, -0.1) is 0 Å². The minimum atomic E-state index is 0.694. The van der Waals surface area contributed by atoms with Gasteiger partial charge in [-0.1, -0.05) is 31.7 Å². The summed E-state index contributed by atoms with van der Waals surface area (Å²) in [5.74, 6) is 0. The summed E-state index contributed by atoms with van der Waals surface area (Å²) in [7, 11) is 2.21. The van der Waals surface area contributed by atoms with Crippen LogP contribution in [-0.2, 0) is 0 Å². The zero-order chi connectivity index (χ0) is 12.3. The van der Waals surface area contributed by atoms with Gasteiger partial charge in [0.25, 0.3) is 0 Å². The van der Waals surface area contributed by atoms with E-state index in [1.807, 2.05) is 0 Å². The third kappa shape index (κ3) is 2.93. The van der Waals surface area contributed by atoms with E-state index in [1.165, 1.54) is 49.8 Å². The van der Waals surface area contributed by atoms with Crippen LogP contribution >= 0.6 is 0 Å². The molecule has 1 aromatic carbocycles. The lowest BCUT2D eigenvalue weighted by molar-refractivity contribution is 0.553. The van der Waals surface area contributed by atoms with Gasteiger partial charge in [0.2, 0.25) is 0 Å². The maximum Gasteiger partial charge on any atom is 0.0386 e. The summed E-state index contributed by atoms with van der Waals surface area (Å²) in [5.41, 5.74) is 9.33. The SMILES string of the molecule is Cc1ccc(N(C)C2CCCCCC2)cc1N. The average Bonchev–Trinajstić information content (AvgIpc) is 2.60. The molecule has 0 bridgehead atoms. The van der Waals surface area contributed by atoms with Crippen molar-refractivity contribution in [1.82, 2.24) is 0 Å². The van der Waals surface area contributed by atoms with Gasteiger partial charge in [0.05, 0.1) is 0 Å². The van der Waals surface area contributed by atoms with Crippen molar-refractivity contribution in [2.75, 3.05) is 17.7 Å². The van der Waals surface area contributed by atoms with Crippen LogP contribution in [0.25, 0.3) is 0 Å². The van der Waals surface area contributed by atoms with Gasteiger partial charge in [0.1, 0.15) is 0 Å². The molecule has 1 aromatic rings. The first-order valence-corrected chi connectivity index (χ1v) is 6.77. The number of nitrogen functional groups attached to an aromatic ring is 1. The Morgan fingerprint density at radius 3 is 2.35 bits per heavy atom. The maximum absolute atomic E-state index is 5.99. The Morgan fingerprint density at radius 2 is 1.76 bits per heavy atom. The monoisotopic (exact) mass is 232 g/mol. The first-order chi connectivity index (χ1) is 8.18. The van der Waals surface area contributed by atoms with Gasteiger partial charge in [-0.2, -0.15) is 0 Å². The van der Waals surface area contributed by atoms with Gasteiger partial charge in [0, 0.05) is 24.5 Å². The van der Waals surface area contributed by atoms with Crippen molar-refractivity contribution in [2.45, 2.75) is 51.5 Å². The fourth-order valence-corrected chi connectivity index (χ4v) is 2.70. The van der Waals surface area contributed by atoms with Crippen LogP contribution in [0.2, 0.25) is 0 Å². The van der Waals surface area contributed by atoms with E-state index in [0.29, 0.717) is 6.04 Å². The summed E-state index contributed by atoms with van der Waals surface area (Å²) < 4.78 is 0.